The Balaban J connectivity index is 1.32. The van der Waals surface area contributed by atoms with Crippen molar-refractivity contribution in [3.8, 4) is 5.69 Å². The number of alkyl halides is 3. The quantitative estimate of drug-likeness (QED) is 0.461. The molecule has 1 aliphatic carbocycles. The zero-order chi connectivity index (χ0) is 23.7. The van der Waals surface area contributed by atoms with Crippen LogP contribution in [0.15, 0.2) is 54.7 Å². The van der Waals surface area contributed by atoms with Crippen molar-refractivity contribution < 1.29 is 27.5 Å². The zero-order valence-electron chi connectivity index (χ0n) is 18.0. The molecule has 0 bridgehead atoms. The average Bonchev–Trinajstić information content (AvgIpc) is 3.15. The van der Waals surface area contributed by atoms with Crippen LogP contribution in [-0.4, -0.2) is 34.6 Å². The number of halogens is 3. The number of carbonyl (C=O) groups excluding carboxylic acids is 2. The molecule has 9 heteroatoms. The van der Waals surface area contributed by atoms with Gasteiger partial charge in [-0.05, 0) is 43.1 Å². The summed E-state index contributed by atoms with van der Waals surface area (Å²) in [7, 11) is 0. The maximum absolute atomic E-state index is 13.7. The van der Waals surface area contributed by atoms with Crippen molar-refractivity contribution in [2.75, 3.05) is 13.1 Å². The van der Waals surface area contributed by atoms with Crippen LogP contribution in [0, 0.1) is 0 Å². The normalized spacial score (nSPS) is 22.6. The largest absolute Gasteiger partial charge is 0.449 e. The van der Waals surface area contributed by atoms with E-state index in [1.165, 1.54) is 6.20 Å². The van der Waals surface area contributed by atoms with Gasteiger partial charge in [0.15, 0.2) is 17.1 Å². The third kappa shape index (κ3) is 3.03. The first-order valence-corrected chi connectivity index (χ1v) is 11.1. The minimum Gasteiger partial charge on any atom is -0.449 e. The second-order valence-corrected chi connectivity index (χ2v) is 9.14. The van der Waals surface area contributed by atoms with Gasteiger partial charge in [0.2, 0.25) is 0 Å². The Kier molecular flexibility index (Phi) is 4.36. The third-order valence-corrected chi connectivity index (χ3v) is 7.16. The topological polar surface area (TPSA) is 73.2 Å². The van der Waals surface area contributed by atoms with Crippen molar-refractivity contribution >= 4 is 11.8 Å². The summed E-state index contributed by atoms with van der Waals surface area (Å²) in [5.41, 5.74) is 0.293. The molecule has 3 aliphatic rings. The molecule has 1 saturated carbocycles. The number of benzene rings is 2. The van der Waals surface area contributed by atoms with E-state index in [1.807, 2.05) is 6.07 Å². The highest BCUT2D eigenvalue weighted by molar-refractivity contribution is 6.14. The summed E-state index contributed by atoms with van der Waals surface area (Å²) in [6.45, 7) is 1.27. The van der Waals surface area contributed by atoms with Crippen LogP contribution in [0.5, 0.6) is 0 Å². The van der Waals surface area contributed by atoms with E-state index in [9.17, 15) is 22.8 Å². The molecule has 3 aromatic rings. The van der Waals surface area contributed by atoms with Gasteiger partial charge in [-0.15, -0.1) is 0 Å². The monoisotopic (exact) mass is 467 g/mol. The molecule has 1 atom stereocenters. The van der Waals surface area contributed by atoms with Crippen molar-refractivity contribution in [2.24, 2.45) is 0 Å². The van der Waals surface area contributed by atoms with E-state index in [2.05, 4.69) is 10.4 Å². The van der Waals surface area contributed by atoms with Gasteiger partial charge in [-0.25, -0.2) is 9.48 Å². The molecular formula is C25H20F3N3O3. The molecule has 6 rings (SSSR count). The van der Waals surface area contributed by atoms with E-state index in [0.717, 1.165) is 28.4 Å². The van der Waals surface area contributed by atoms with Crippen molar-refractivity contribution in [3.63, 3.8) is 0 Å². The van der Waals surface area contributed by atoms with Gasteiger partial charge in [0.25, 0.3) is 0 Å². The highest BCUT2D eigenvalue weighted by Crippen LogP contribution is 2.52. The summed E-state index contributed by atoms with van der Waals surface area (Å²) >= 11 is 0. The molecule has 6 nitrogen and oxygen atoms in total. The van der Waals surface area contributed by atoms with E-state index >= 15 is 0 Å². The van der Waals surface area contributed by atoms with Crippen LogP contribution in [0.2, 0.25) is 0 Å². The molecule has 0 amide bonds. The van der Waals surface area contributed by atoms with Gasteiger partial charge in [-0.3, -0.25) is 4.79 Å². The SMILES string of the molecule is O=C1OC2(CCNC2)c2cccc(C(=O)C3(c4ccc(-n5ccc(C(F)(F)F)n5)cc4)CC3)c21. The van der Waals surface area contributed by atoms with Gasteiger partial charge in [-0.2, -0.15) is 18.3 Å². The fraction of sp³-hybridized carbons (Fsp3) is 0.320. The number of esters is 1. The Morgan fingerprint density at radius 1 is 1.06 bits per heavy atom. The zero-order valence-corrected chi connectivity index (χ0v) is 18.0. The van der Waals surface area contributed by atoms with Crippen LogP contribution < -0.4 is 5.32 Å². The number of ether oxygens (including phenoxy) is 1. The number of ketones is 1. The number of nitrogens with zero attached hydrogens (tertiary/aromatic N) is 2. The van der Waals surface area contributed by atoms with Crippen molar-refractivity contribution in [1.82, 2.24) is 15.1 Å². The Morgan fingerprint density at radius 3 is 2.44 bits per heavy atom. The fourth-order valence-electron chi connectivity index (χ4n) is 5.19. The minimum atomic E-state index is -4.51. The number of hydrogen-bond donors (Lipinski definition) is 1. The van der Waals surface area contributed by atoms with Crippen molar-refractivity contribution in [1.29, 1.82) is 0 Å². The van der Waals surface area contributed by atoms with E-state index in [1.54, 1.807) is 36.4 Å². The first-order valence-electron chi connectivity index (χ1n) is 11.1. The predicted octanol–water partition coefficient (Wildman–Crippen LogP) is 4.16. The van der Waals surface area contributed by atoms with Gasteiger partial charge >= 0.3 is 12.1 Å². The van der Waals surface area contributed by atoms with Crippen molar-refractivity contribution in [3.05, 3.63) is 82.7 Å². The van der Waals surface area contributed by atoms with Crippen LogP contribution >= 0.6 is 0 Å². The molecule has 2 aliphatic heterocycles. The minimum absolute atomic E-state index is 0.129. The van der Waals surface area contributed by atoms with Crippen LogP contribution in [0.1, 0.15) is 56.8 Å². The average molecular weight is 467 g/mol. The van der Waals surface area contributed by atoms with E-state index < -0.39 is 28.9 Å². The van der Waals surface area contributed by atoms with Gasteiger partial charge in [0.1, 0.15) is 0 Å². The molecule has 1 aromatic heterocycles. The molecule has 3 heterocycles. The van der Waals surface area contributed by atoms with Crippen LogP contribution in [0.25, 0.3) is 5.69 Å². The Labute approximate surface area is 192 Å². The summed E-state index contributed by atoms with van der Waals surface area (Å²) in [5, 5.41) is 6.82. The number of carbonyl (C=O) groups is 2. The lowest BCUT2D eigenvalue weighted by atomic mass is 9.82. The lowest BCUT2D eigenvalue weighted by Crippen LogP contribution is -2.28. The summed E-state index contributed by atoms with van der Waals surface area (Å²) in [6, 6.07) is 13.1. The second kappa shape index (κ2) is 7.02. The Morgan fingerprint density at radius 2 is 1.82 bits per heavy atom. The van der Waals surface area contributed by atoms with Gasteiger partial charge in [0, 0.05) is 30.3 Å². The number of fused-ring (bicyclic) bond motifs is 2. The third-order valence-electron chi connectivity index (χ3n) is 7.16. The van der Waals surface area contributed by atoms with Gasteiger partial charge < -0.3 is 10.1 Å². The van der Waals surface area contributed by atoms with Crippen LogP contribution in [0.4, 0.5) is 13.2 Å². The first kappa shape index (κ1) is 21.1. The molecule has 1 saturated heterocycles. The summed E-state index contributed by atoms with van der Waals surface area (Å²) in [4.78, 5) is 26.6. The smallest absolute Gasteiger partial charge is 0.435 e. The molecular weight excluding hydrogens is 447 g/mol. The molecule has 0 radical (unpaired) electrons. The molecule has 34 heavy (non-hydrogen) atoms. The summed E-state index contributed by atoms with van der Waals surface area (Å²) in [5.74, 6) is -0.594. The maximum Gasteiger partial charge on any atom is 0.435 e. The Hall–Kier alpha value is -3.46. The van der Waals surface area contributed by atoms with Gasteiger partial charge in [-0.1, -0.05) is 30.3 Å². The van der Waals surface area contributed by atoms with Crippen LogP contribution in [0.3, 0.4) is 0 Å². The molecule has 1 unspecified atom stereocenters. The van der Waals surface area contributed by atoms with Crippen LogP contribution in [-0.2, 0) is 21.9 Å². The molecule has 2 fully saturated rings. The maximum atomic E-state index is 13.7. The number of nitrogens with one attached hydrogen (secondary N) is 1. The second-order valence-electron chi connectivity index (χ2n) is 9.14. The lowest BCUT2D eigenvalue weighted by Gasteiger charge is -2.22. The molecule has 1 spiro atoms. The number of hydrogen-bond acceptors (Lipinski definition) is 5. The summed E-state index contributed by atoms with van der Waals surface area (Å²) in [6.07, 6.45) is -1.32. The van der Waals surface area contributed by atoms with E-state index in [0.29, 0.717) is 42.6 Å². The van der Waals surface area contributed by atoms with E-state index in [4.69, 9.17) is 4.74 Å². The molecule has 1 N–H and O–H groups in total. The first-order chi connectivity index (χ1) is 16.2. The highest BCUT2D eigenvalue weighted by Gasteiger charge is 2.54. The molecule has 174 valence electrons. The highest BCUT2D eigenvalue weighted by atomic mass is 19.4. The number of rotatable bonds is 4. The standard InChI is InChI=1S/C25H20F3N3O3/c26-25(27,28)19-8-13-31(30-19)16-6-4-15(5-7-16)23(9-10-23)21(32)17-2-1-3-18-20(17)22(33)34-24(18)11-12-29-14-24/h1-8,13,29H,9-12,14H2. The summed E-state index contributed by atoms with van der Waals surface area (Å²) < 4.78 is 45.5. The number of aromatic nitrogens is 2. The number of Topliss-reactive ketones (excluding diaryl/α,β-unsaturated/α-hetero) is 1. The fourth-order valence-corrected chi connectivity index (χ4v) is 5.19. The van der Waals surface area contributed by atoms with Crippen molar-refractivity contribution in [2.45, 2.75) is 36.5 Å². The Bertz CT molecular complexity index is 1320. The van der Waals surface area contributed by atoms with E-state index in [-0.39, 0.29) is 5.78 Å². The molecule has 2 aromatic carbocycles. The lowest BCUT2D eigenvalue weighted by molar-refractivity contribution is -0.141. The predicted molar refractivity (Wildman–Crippen MR) is 115 cm³/mol. The van der Waals surface area contributed by atoms with Gasteiger partial charge in [0.05, 0.1) is 16.7 Å².